The molecule has 7 heteroatoms. The third kappa shape index (κ3) is 4.56. The number of aromatic nitrogens is 2. The van der Waals surface area contributed by atoms with E-state index in [0.717, 1.165) is 38.0 Å². The highest BCUT2D eigenvalue weighted by molar-refractivity contribution is 6.08. The van der Waals surface area contributed by atoms with Crippen molar-refractivity contribution in [2.45, 2.75) is 64.0 Å². The van der Waals surface area contributed by atoms with Gasteiger partial charge in [0.15, 0.2) is 5.69 Å². The van der Waals surface area contributed by atoms with E-state index in [0.29, 0.717) is 29.4 Å². The van der Waals surface area contributed by atoms with Crippen LogP contribution in [0.1, 0.15) is 78.9 Å². The molecule has 1 saturated heterocycles. The Labute approximate surface area is 177 Å². The van der Waals surface area contributed by atoms with Gasteiger partial charge in [-0.3, -0.25) is 14.3 Å². The Hall–Kier alpha value is -2.67. The van der Waals surface area contributed by atoms with Gasteiger partial charge in [0.1, 0.15) is 0 Å². The summed E-state index contributed by atoms with van der Waals surface area (Å²) >= 11 is 0. The topological polar surface area (TPSA) is 85.2 Å². The van der Waals surface area contributed by atoms with Crippen LogP contribution in [0.25, 0.3) is 0 Å². The van der Waals surface area contributed by atoms with Crippen LogP contribution in [0.2, 0.25) is 0 Å². The third-order valence-corrected chi connectivity index (χ3v) is 5.53. The number of rotatable bonds is 6. The van der Waals surface area contributed by atoms with Gasteiger partial charge in [-0.1, -0.05) is 12.1 Å². The van der Waals surface area contributed by atoms with Crippen LogP contribution in [0.4, 0.5) is 5.69 Å². The molecule has 7 nitrogen and oxygen atoms in total. The molecule has 2 heterocycles. The van der Waals surface area contributed by atoms with Crippen molar-refractivity contribution in [3.63, 3.8) is 0 Å². The van der Waals surface area contributed by atoms with Crippen molar-refractivity contribution in [2.24, 2.45) is 0 Å². The molecule has 1 unspecified atom stereocenters. The summed E-state index contributed by atoms with van der Waals surface area (Å²) in [5.41, 5.74) is 2.19. The fourth-order valence-electron chi connectivity index (χ4n) is 3.80. The summed E-state index contributed by atoms with van der Waals surface area (Å²) in [4.78, 5) is 25.6. The first-order valence-corrected chi connectivity index (χ1v) is 10.7. The molecule has 2 aliphatic rings. The molecule has 1 aromatic carbocycles. The lowest BCUT2D eigenvalue weighted by atomic mass is 10.1. The van der Waals surface area contributed by atoms with Gasteiger partial charge in [0.05, 0.1) is 22.9 Å². The van der Waals surface area contributed by atoms with Crippen molar-refractivity contribution < 1.29 is 14.3 Å². The molecule has 2 N–H and O–H groups in total. The van der Waals surface area contributed by atoms with E-state index >= 15 is 0 Å². The minimum absolute atomic E-state index is 0.0675. The van der Waals surface area contributed by atoms with Gasteiger partial charge in [0.2, 0.25) is 0 Å². The predicted molar refractivity (Wildman–Crippen MR) is 115 cm³/mol. The summed E-state index contributed by atoms with van der Waals surface area (Å²) in [6.07, 6.45) is 4.32. The van der Waals surface area contributed by atoms with Crippen molar-refractivity contribution in [3.8, 4) is 0 Å². The van der Waals surface area contributed by atoms with Gasteiger partial charge < -0.3 is 15.4 Å². The molecular weight excluding hydrogens is 380 g/mol. The maximum absolute atomic E-state index is 13.0. The summed E-state index contributed by atoms with van der Waals surface area (Å²) in [5, 5.41) is 10.4. The number of nitrogens with zero attached hydrogens (tertiary/aromatic N) is 2. The van der Waals surface area contributed by atoms with E-state index in [1.165, 1.54) is 0 Å². The molecule has 0 radical (unpaired) electrons. The van der Waals surface area contributed by atoms with Crippen LogP contribution >= 0.6 is 0 Å². The quantitative estimate of drug-likeness (QED) is 0.761. The fourth-order valence-corrected chi connectivity index (χ4v) is 3.80. The summed E-state index contributed by atoms with van der Waals surface area (Å²) in [5.74, 6) is -0.0475. The van der Waals surface area contributed by atoms with Gasteiger partial charge in [-0.25, -0.2) is 0 Å². The Bertz CT molecular complexity index is 934. The van der Waals surface area contributed by atoms with Crippen LogP contribution in [0.5, 0.6) is 0 Å². The molecule has 2 fully saturated rings. The Morgan fingerprint density at radius 3 is 2.60 bits per heavy atom. The molecular formula is C23H30N4O3. The lowest BCUT2D eigenvalue weighted by Crippen LogP contribution is -2.32. The second kappa shape index (κ2) is 8.22. The summed E-state index contributed by atoms with van der Waals surface area (Å²) in [6, 6.07) is 8.93. The van der Waals surface area contributed by atoms with E-state index in [9.17, 15) is 9.59 Å². The molecule has 1 aliphatic carbocycles. The van der Waals surface area contributed by atoms with E-state index < -0.39 is 0 Å². The number of ether oxygens (including phenoxy) is 1. The number of hydrogen-bond donors (Lipinski definition) is 2. The van der Waals surface area contributed by atoms with Gasteiger partial charge in [0, 0.05) is 24.8 Å². The zero-order chi connectivity index (χ0) is 21.3. The van der Waals surface area contributed by atoms with E-state index in [-0.39, 0.29) is 23.5 Å². The van der Waals surface area contributed by atoms with Gasteiger partial charge in [-0.2, -0.15) is 5.10 Å². The van der Waals surface area contributed by atoms with E-state index in [1.807, 2.05) is 10.7 Å². The van der Waals surface area contributed by atoms with E-state index in [4.69, 9.17) is 4.74 Å². The number of para-hydroxylation sites is 1. The van der Waals surface area contributed by atoms with Crippen LogP contribution in [0, 0.1) is 0 Å². The van der Waals surface area contributed by atoms with Crippen molar-refractivity contribution in [2.75, 3.05) is 18.5 Å². The molecule has 0 bridgehead atoms. The second-order valence-electron chi connectivity index (χ2n) is 9.16. The van der Waals surface area contributed by atoms with Crippen molar-refractivity contribution in [1.82, 2.24) is 15.1 Å². The minimum atomic E-state index is -0.306. The van der Waals surface area contributed by atoms with Crippen LogP contribution in [0.15, 0.2) is 30.3 Å². The lowest BCUT2D eigenvalue weighted by molar-refractivity contribution is 0.0858. The van der Waals surface area contributed by atoms with Gasteiger partial charge in [0.25, 0.3) is 11.8 Å². The van der Waals surface area contributed by atoms with Crippen LogP contribution in [-0.2, 0) is 10.3 Å². The molecule has 0 spiro atoms. The standard InChI is InChI=1S/C23H30N4O3/c1-23(2,3)27-20(15-10-11-15)13-19(26-27)22(29)25-18-9-5-4-8-17(18)21(28)24-14-16-7-6-12-30-16/h4-5,8-9,13,15-16H,6-7,10-12,14H2,1-3H3,(H,24,28)(H,25,29). The van der Waals surface area contributed by atoms with E-state index in [2.05, 4.69) is 36.5 Å². The maximum atomic E-state index is 13.0. The molecule has 1 aliphatic heterocycles. The molecule has 1 saturated carbocycles. The average Bonchev–Trinajstić information content (AvgIpc) is 3.23. The van der Waals surface area contributed by atoms with E-state index in [1.54, 1.807) is 24.3 Å². The maximum Gasteiger partial charge on any atom is 0.276 e. The van der Waals surface area contributed by atoms with Gasteiger partial charge in [-0.05, 0) is 64.7 Å². The number of carbonyl (C=O) groups excluding carboxylic acids is 2. The smallest absolute Gasteiger partial charge is 0.276 e. The van der Waals surface area contributed by atoms with Crippen LogP contribution in [-0.4, -0.2) is 40.9 Å². The molecule has 30 heavy (non-hydrogen) atoms. The predicted octanol–water partition coefficient (Wildman–Crippen LogP) is 3.68. The zero-order valence-electron chi connectivity index (χ0n) is 17.9. The second-order valence-corrected chi connectivity index (χ2v) is 9.16. The number of benzene rings is 1. The van der Waals surface area contributed by atoms with Gasteiger partial charge >= 0.3 is 0 Å². The Balaban J connectivity index is 1.49. The molecule has 1 atom stereocenters. The zero-order valence-corrected chi connectivity index (χ0v) is 17.9. The van der Waals surface area contributed by atoms with Crippen LogP contribution < -0.4 is 10.6 Å². The lowest BCUT2D eigenvalue weighted by Gasteiger charge is -2.22. The number of nitrogens with one attached hydrogen (secondary N) is 2. The van der Waals surface area contributed by atoms with Gasteiger partial charge in [-0.15, -0.1) is 0 Å². The highest BCUT2D eigenvalue weighted by Gasteiger charge is 2.32. The number of carbonyl (C=O) groups is 2. The Morgan fingerprint density at radius 2 is 1.93 bits per heavy atom. The first kappa shape index (κ1) is 20.6. The van der Waals surface area contributed by atoms with Crippen molar-refractivity contribution in [1.29, 1.82) is 0 Å². The Morgan fingerprint density at radius 1 is 1.17 bits per heavy atom. The average molecular weight is 411 g/mol. The first-order valence-electron chi connectivity index (χ1n) is 10.7. The SMILES string of the molecule is CC(C)(C)n1nc(C(=O)Nc2ccccc2C(=O)NCC2CCCO2)cc1C1CC1. The minimum Gasteiger partial charge on any atom is -0.376 e. The number of hydrogen-bond acceptors (Lipinski definition) is 4. The summed E-state index contributed by atoms with van der Waals surface area (Å²) < 4.78 is 7.52. The highest BCUT2D eigenvalue weighted by Crippen LogP contribution is 2.41. The molecule has 1 aromatic heterocycles. The summed E-state index contributed by atoms with van der Waals surface area (Å²) in [7, 11) is 0. The third-order valence-electron chi connectivity index (χ3n) is 5.53. The van der Waals surface area contributed by atoms with Crippen LogP contribution in [0.3, 0.4) is 0 Å². The monoisotopic (exact) mass is 410 g/mol. The normalized spacial score (nSPS) is 19.0. The Kier molecular flexibility index (Phi) is 5.64. The van der Waals surface area contributed by atoms with Crippen molar-refractivity contribution >= 4 is 17.5 Å². The summed E-state index contributed by atoms with van der Waals surface area (Å²) in [6.45, 7) is 7.48. The number of anilines is 1. The molecule has 4 rings (SSSR count). The fraction of sp³-hybridized carbons (Fsp3) is 0.522. The first-order chi connectivity index (χ1) is 14.3. The molecule has 160 valence electrons. The molecule has 2 aromatic rings. The highest BCUT2D eigenvalue weighted by atomic mass is 16.5. The molecule has 2 amide bonds. The largest absolute Gasteiger partial charge is 0.376 e. The van der Waals surface area contributed by atoms with Crippen molar-refractivity contribution in [3.05, 3.63) is 47.3 Å². The number of amides is 2.